The Hall–Kier alpha value is -2.84. The van der Waals surface area contributed by atoms with Crippen LogP contribution < -0.4 is 21.8 Å². The Balaban J connectivity index is 1.98. The van der Waals surface area contributed by atoms with Crippen LogP contribution in [0, 0.1) is 29.6 Å². The number of carbonyl (C=O) groups is 2. The highest BCUT2D eigenvalue weighted by Gasteiger charge is 2.24. The molecule has 7 heteroatoms. The summed E-state index contributed by atoms with van der Waals surface area (Å²) in [6.45, 7) is 3.38. The third kappa shape index (κ3) is 5.33. The lowest BCUT2D eigenvalue weighted by atomic mass is 10.1. The highest BCUT2D eigenvalue weighted by Crippen LogP contribution is 2.04. The van der Waals surface area contributed by atoms with Crippen molar-refractivity contribution < 1.29 is 14.8 Å². The molecule has 1 saturated heterocycles. The van der Waals surface area contributed by atoms with E-state index in [2.05, 4.69) is 34.3 Å². The first-order valence-electron chi connectivity index (χ1n) is 7.84. The summed E-state index contributed by atoms with van der Waals surface area (Å²) in [6, 6.07) is 4.89. The van der Waals surface area contributed by atoms with Crippen LogP contribution in [0.15, 0.2) is 24.3 Å². The van der Waals surface area contributed by atoms with Crippen molar-refractivity contribution in [3.8, 4) is 23.7 Å². The van der Waals surface area contributed by atoms with Gasteiger partial charge in [-0.15, -0.1) is 0 Å². The minimum absolute atomic E-state index is 0.355. The molecular formula is C18H20N4O3. The van der Waals surface area contributed by atoms with E-state index in [-0.39, 0.29) is 0 Å². The van der Waals surface area contributed by atoms with Gasteiger partial charge in [0.05, 0.1) is 0 Å². The molecule has 0 spiro atoms. The van der Waals surface area contributed by atoms with E-state index >= 15 is 0 Å². The summed E-state index contributed by atoms with van der Waals surface area (Å²) < 4.78 is 0. The highest BCUT2D eigenvalue weighted by atomic mass is 16.5. The first-order chi connectivity index (χ1) is 12.0. The average molecular weight is 340 g/mol. The van der Waals surface area contributed by atoms with Crippen molar-refractivity contribution in [2.75, 3.05) is 13.1 Å². The summed E-state index contributed by atoms with van der Waals surface area (Å²) in [4.78, 5) is 23.7. The topological polar surface area (TPSA) is 116 Å². The minimum Gasteiger partial charge on any atom is -0.339 e. The van der Waals surface area contributed by atoms with Gasteiger partial charge in [0, 0.05) is 36.2 Å². The zero-order valence-electron chi connectivity index (χ0n) is 13.8. The van der Waals surface area contributed by atoms with Gasteiger partial charge >= 0.3 is 0 Å². The van der Waals surface area contributed by atoms with Crippen molar-refractivity contribution in [1.29, 1.82) is 0 Å². The Morgan fingerprint density at radius 3 is 2.48 bits per heavy atom. The Kier molecular flexibility index (Phi) is 6.55. The molecule has 2 atom stereocenters. The lowest BCUT2D eigenvalue weighted by molar-refractivity contribution is -0.131. The molecule has 0 aromatic heterocycles. The molecule has 1 aliphatic heterocycles. The van der Waals surface area contributed by atoms with Gasteiger partial charge in [-0.2, -0.15) is 0 Å². The van der Waals surface area contributed by atoms with Crippen LogP contribution in [-0.4, -0.2) is 42.2 Å². The maximum absolute atomic E-state index is 12.2. The monoisotopic (exact) mass is 340 g/mol. The van der Waals surface area contributed by atoms with Crippen LogP contribution in [-0.2, 0) is 4.79 Å². The van der Waals surface area contributed by atoms with Crippen molar-refractivity contribution in [3.63, 3.8) is 0 Å². The van der Waals surface area contributed by atoms with Crippen LogP contribution in [0.5, 0.6) is 0 Å². The van der Waals surface area contributed by atoms with E-state index in [9.17, 15) is 9.59 Å². The van der Waals surface area contributed by atoms with Crippen LogP contribution in [0.2, 0.25) is 0 Å². The molecule has 0 bridgehead atoms. The molecule has 2 amide bonds. The highest BCUT2D eigenvalue weighted by molar-refractivity contribution is 5.97. The SMILES string of the molecule is C[C@@H](N)[C@H](NC(=O)c1ccc(C#CC#CC2CNC2)cc1)C(=O)NO. The summed E-state index contributed by atoms with van der Waals surface area (Å²) in [5, 5.41) is 14.3. The third-order valence-electron chi connectivity index (χ3n) is 3.68. The Morgan fingerprint density at radius 2 is 1.96 bits per heavy atom. The smallest absolute Gasteiger partial charge is 0.267 e. The van der Waals surface area contributed by atoms with Gasteiger partial charge in [0.2, 0.25) is 0 Å². The summed E-state index contributed by atoms with van der Waals surface area (Å²) in [5.41, 5.74) is 8.22. The number of hydrogen-bond acceptors (Lipinski definition) is 5. The van der Waals surface area contributed by atoms with Gasteiger partial charge in [0.25, 0.3) is 11.8 Å². The number of amides is 2. The average Bonchev–Trinajstić information content (AvgIpc) is 2.57. The van der Waals surface area contributed by atoms with Crippen molar-refractivity contribution in [2.24, 2.45) is 11.7 Å². The number of carbonyl (C=O) groups excluding carboxylic acids is 2. The predicted octanol–water partition coefficient (Wildman–Crippen LogP) is -0.788. The normalized spacial score (nSPS) is 15.3. The first-order valence-corrected chi connectivity index (χ1v) is 7.84. The maximum atomic E-state index is 12.2. The molecule has 1 aromatic carbocycles. The summed E-state index contributed by atoms with van der Waals surface area (Å²) in [6.07, 6.45) is 0. The van der Waals surface area contributed by atoms with Crippen molar-refractivity contribution >= 4 is 11.8 Å². The zero-order valence-corrected chi connectivity index (χ0v) is 13.8. The molecule has 2 rings (SSSR count). The van der Waals surface area contributed by atoms with E-state index in [1.807, 2.05) is 0 Å². The molecule has 1 heterocycles. The third-order valence-corrected chi connectivity index (χ3v) is 3.68. The van der Waals surface area contributed by atoms with Gasteiger partial charge in [-0.25, -0.2) is 5.48 Å². The number of nitrogens with one attached hydrogen (secondary N) is 3. The number of nitrogens with two attached hydrogens (primary N) is 1. The second kappa shape index (κ2) is 8.86. The van der Waals surface area contributed by atoms with Crippen molar-refractivity contribution in [2.45, 2.75) is 19.0 Å². The number of hydrogen-bond donors (Lipinski definition) is 5. The Morgan fingerprint density at radius 1 is 1.28 bits per heavy atom. The first kappa shape index (κ1) is 18.5. The van der Waals surface area contributed by atoms with Gasteiger partial charge < -0.3 is 16.4 Å². The van der Waals surface area contributed by atoms with Gasteiger partial charge in [0.15, 0.2) is 0 Å². The summed E-state index contributed by atoms with van der Waals surface area (Å²) in [7, 11) is 0. The fraction of sp³-hybridized carbons (Fsp3) is 0.333. The molecule has 1 aliphatic rings. The van der Waals surface area contributed by atoms with Crippen LogP contribution in [0.4, 0.5) is 0 Å². The summed E-state index contributed by atoms with van der Waals surface area (Å²) >= 11 is 0. The van der Waals surface area contributed by atoms with E-state index in [1.165, 1.54) is 5.48 Å². The molecule has 25 heavy (non-hydrogen) atoms. The van der Waals surface area contributed by atoms with Gasteiger partial charge in [-0.1, -0.05) is 11.8 Å². The van der Waals surface area contributed by atoms with Crippen LogP contribution >= 0.6 is 0 Å². The molecule has 1 fully saturated rings. The Labute approximate surface area is 146 Å². The second-order valence-corrected chi connectivity index (χ2v) is 5.74. The number of benzene rings is 1. The Bertz CT molecular complexity index is 747. The summed E-state index contributed by atoms with van der Waals surface area (Å²) in [5.74, 6) is 10.7. The number of rotatable bonds is 4. The molecule has 130 valence electrons. The standard InChI is InChI=1S/C18H20N4O3/c1-12(19)16(18(24)22-25)21-17(23)15-8-6-13(7-9-15)4-2-3-5-14-10-20-11-14/h6-9,12,14,16,20,25H,10-11,19H2,1H3,(H,21,23)(H,22,24)/t12-,16+/m1/s1. The minimum atomic E-state index is -1.03. The van der Waals surface area contributed by atoms with Gasteiger partial charge in [-0.3, -0.25) is 14.8 Å². The molecule has 0 aliphatic carbocycles. The van der Waals surface area contributed by atoms with Crippen LogP contribution in [0.3, 0.4) is 0 Å². The molecule has 1 aromatic rings. The number of hydroxylamine groups is 1. The largest absolute Gasteiger partial charge is 0.339 e. The lowest BCUT2D eigenvalue weighted by Gasteiger charge is -2.20. The van der Waals surface area contributed by atoms with E-state index in [1.54, 1.807) is 31.2 Å². The molecule has 0 radical (unpaired) electrons. The quantitative estimate of drug-likeness (QED) is 0.280. The van der Waals surface area contributed by atoms with E-state index in [0.717, 1.165) is 18.7 Å². The molecule has 7 nitrogen and oxygen atoms in total. The predicted molar refractivity (Wildman–Crippen MR) is 92.3 cm³/mol. The zero-order chi connectivity index (χ0) is 18.2. The van der Waals surface area contributed by atoms with Gasteiger partial charge in [0.1, 0.15) is 6.04 Å². The van der Waals surface area contributed by atoms with Crippen molar-refractivity contribution in [1.82, 2.24) is 16.1 Å². The van der Waals surface area contributed by atoms with Crippen LogP contribution in [0.1, 0.15) is 22.8 Å². The van der Waals surface area contributed by atoms with E-state index in [0.29, 0.717) is 11.5 Å². The van der Waals surface area contributed by atoms with Gasteiger partial charge in [-0.05, 0) is 43.0 Å². The maximum Gasteiger partial charge on any atom is 0.267 e. The molecule has 6 N–H and O–H groups in total. The van der Waals surface area contributed by atoms with Crippen LogP contribution in [0.25, 0.3) is 0 Å². The molecular weight excluding hydrogens is 320 g/mol. The fourth-order valence-electron chi connectivity index (χ4n) is 2.07. The molecule has 0 unspecified atom stereocenters. The van der Waals surface area contributed by atoms with Crippen molar-refractivity contribution in [3.05, 3.63) is 35.4 Å². The van der Waals surface area contributed by atoms with E-state index in [4.69, 9.17) is 10.9 Å². The lowest BCUT2D eigenvalue weighted by Crippen LogP contribution is -2.54. The van der Waals surface area contributed by atoms with E-state index < -0.39 is 23.9 Å². The second-order valence-electron chi connectivity index (χ2n) is 5.74. The molecule has 0 saturated carbocycles. The fourth-order valence-corrected chi connectivity index (χ4v) is 2.07.